The van der Waals surface area contributed by atoms with Gasteiger partial charge in [0, 0.05) is 5.92 Å². The molecule has 0 atom stereocenters. The van der Waals surface area contributed by atoms with Gasteiger partial charge in [-0.1, -0.05) is 25.0 Å². The van der Waals surface area contributed by atoms with Gasteiger partial charge in [0.2, 0.25) is 0 Å². The van der Waals surface area contributed by atoms with Crippen molar-refractivity contribution in [2.75, 3.05) is 0 Å². The Balaban J connectivity index is 1.67. The van der Waals surface area contributed by atoms with Crippen LogP contribution in [-0.2, 0) is 0 Å². The molecule has 0 N–H and O–H groups in total. The van der Waals surface area contributed by atoms with Gasteiger partial charge in [0.15, 0.2) is 0 Å². The lowest BCUT2D eigenvalue weighted by molar-refractivity contribution is 0.154. The summed E-state index contributed by atoms with van der Waals surface area (Å²) in [6.07, 6.45) is 18.0. The van der Waals surface area contributed by atoms with E-state index in [0.29, 0.717) is 5.92 Å². The standard InChI is InChI=1S/C18H29N/c1-2-3-4-5-15-6-10-17(11-7-15)18-12-8-16(14-19)9-13-18/h2-3,15-18H,4-13H2,1H3/b3-2+/t15-,16-,17-,18-. The van der Waals surface area contributed by atoms with Crippen LogP contribution in [0.5, 0.6) is 0 Å². The van der Waals surface area contributed by atoms with Gasteiger partial charge in [0.05, 0.1) is 6.07 Å². The highest BCUT2D eigenvalue weighted by Crippen LogP contribution is 2.42. The fraction of sp³-hybridized carbons (Fsp3) is 0.833. The van der Waals surface area contributed by atoms with Crippen LogP contribution in [0.3, 0.4) is 0 Å². The zero-order valence-electron chi connectivity index (χ0n) is 12.5. The third-order valence-electron chi connectivity index (χ3n) is 5.49. The second-order valence-electron chi connectivity index (χ2n) is 6.67. The van der Waals surface area contributed by atoms with Gasteiger partial charge in [-0.25, -0.2) is 0 Å². The first-order valence-electron chi connectivity index (χ1n) is 8.34. The lowest BCUT2D eigenvalue weighted by atomic mass is 9.69. The molecule has 0 saturated heterocycles. The van der Waals surface area contributed by atoms with Crippen molar-refractivity contribution in [1.82, 2.24) is 0 Å². The highest BCUT2D eigenvalue weighted by molar-refractivity contribution is 4.89. The van der Waals surface area contributed by atoms with Crippen LogP contribution in [0, 0.1) is 35.0 Å². The molecule has 1 nitrogen and oxygen atoms in total. The van der Waals surface area contributed by atoms with E-state index in [0.717, 1.165) is 17.8 Å². The summed E-state index contributed by atoms with van der Waals surface area (Å²) in [4.78, 5) is 0. The van der Waals surface area contributed by atoms with Gasteiger partial charge in [-0.2, -0.15) is 5.26 Å². The van der Waals surface area contributed by atoms with E-state index in [1.807, 2.05) is 0 Å². The van der Waals surface area contributed by atoms with Crippen molar-refractivity contribution in [2.24, 2.45) is 23.7 Å². The molecule has 2 aliphatic carbocycles. The van der Waals surface area contributed by atoms with Gasteiger partial charge in [-0.05, 0) is 76.0 Å². The lowest BCUT2D eigenvalue weighted by Gasteiger charge is -2.36. The monoisotopic (exact) mass is 259 g/mol. The summed E-state index contributed by atoms with van der Waals surface area (Å²) in [5.41, 5.74) is 0. The normalized spacial score (nSPS) is 36.2. The van der Waals surface area contributed by atoms with E-state index in [-0.39, 0.29) is 0 Å². The van der Waals surface area contributed by atoms with Crippen molar-refractivity contribution in [3.05, 3.63) is 12.2 Å². The minimum atomic E-state index is 0.369. The fourth-order valence-electron chi connectivity index (χ4n) is 4.17. The molecule has 2 rings (SSSR count). The zero-order chi connectivity index (χ0) is 13.5. The Kier molecular flexibility index (Phi) is 5.95. The summed E-state index contributed by atoms with van der Waals surface area (Å²) >= 11 is 0. The predicted octanol–water partition coefficient (Wildman–Crippen LogP) is 5.48. The van der Waals surface area contributed by atoms with E-state index in [4.69, 9.17) is 5.26 Å². The maximum atomic E-state index is 8.97. The minimum Gasteiger partial charge on any atom is -0.198 e. The Labute approximate surface area is 119 Å². The van der Waals surface area contributed by atoms with Crippen LogP contribution in [0.4, 0.5) is 0 Å². The summed E-state index contributed by atoms with van der Waals surface area (Å²) in [6.45, 7) is 2.12. The molecule has 0 aromatic carbocycles. The first-order valence-corrected chi connectivity index (χ1v) is 8.34. The fourth-order valence-corrected chi connectivity index (χ4v) is 4.17. The maximum absolute atomic E-state index is 8.97. The molecule has 2 fully saturated rings. The Bertz CT molecular complexity index is 309. The highest BCUT2D eigenvalue weighted by atomic mass is 14.4. The number of rotatable bonds is 4. The number of nitrogens with zero attached hydrogens (tertiary/aromatic N) is 1. The van der Waals surface area contributed by atoms with Crippen molar-refractivity contribution < 1.29 is 0 Å². The Morgan fingerprint density at radius 1 is 0.947 bits per heavy atom. The first kappa shape index (κ1) is 14.6. The largest absolute Gasteiger partial charge is 0.198 e. The average molecular weight is 259 g/mol. The second-order valence-corrected chi connectivity index (χ2v) is 6.67. The van der Waals surface area contributed by atoms with Crippen LogP contribution >= 0.6 is 0 Å². The van der Waals surface area contributed by atoms with Gasteiger partial charge in [-0.15, -0.1) is 0 Å². The van der Waals surface area contributed by atoms with Crippen molar-refractivity contribution in [3.8, 4) is 6.07 Å². The van der Waals surface area contributed by atoms with Crippen molar-refractivity contribution in [2.45, 2.75) is 71.1 Å². The topological polar surface area (TPSA) is 23.8 Å². The quantitative estimate of drug-likeness (QED) is 0.613. The minimum absolute atomic E-state index is 0.369. The van der Waals surface area contributed by atoms with Crippen LogP contribution in [0.15, 0.2) is 12.2 Å². The molecule has 2 saturated carbocycles. The third-order valence-corrected chi connectivity index (χ3v) is 5.49. The number of nitriles is 1. The summed E-state index contributed by atoms with van der Waals surface area (Å²) in [6, 6.07) is 2.46. The molecule has 0 heterocycles. The highest BCUT2D eigenvalue weighted by Gasteiger charge is 2.30. The molecule has 0 aromatic heterocycles. The molecule has 0 radical (unpaired) electrons. The molecule has 0 aromatic rings. The molecular weight excluding hydrogens is 230 g/mol. The van der Waals surface area contributed by atoms with Crippen LogP contribution in [0.25, 0.3) is 0 Å². The van der Waals surface area contributed by atoms with Crippen molar-refractivity contribution >= 4 is 0 Å². The molecule has 0 aliphatic heterocycles. The summed E-state index contributed by atoms with van der Waals surface area (Å²) in [5, 5.41) is 8.97. The molecule has 19 heavy (non-hydrogen) atoms. The van der Waals surface area contributed by atoms with Gasteiger partial charge < -0.3 is 0 Å². The van der Waals surface area contributed by atoms with Crippen LogP contribution < -0.4 is 0 Å². The molecule has 1 heteroatoms. The Morgan fingerprint density at radius 3 is 2.05 bits per heavy atom. The molecule has 0 spiro atoms. The summed E-state index contributed by atoms with van der Waals surface area (Å²) < 4.78 is 0. The Morgan fingerprint density at radius 2 is 1.53 bits per heavy atom. The van der Waals surface area contributed by atoms with Crippen LogP contribution in [0.1, 0.15) is 71.1 Å². The number of allylic oxidation sites excluding steroid dienone is 2. The molecular formula is C18H29N. The Hall–Kier alpha value is -0.770. The molecule has 0 amide bonds. The van der Waals surface area contributed by atoms with E-state index >= 15 is 0 Å². The summed E-state index contributed by atoms with van der Waals surface area (Å²) in [5.74, 6) is 3.29. The van der Waals surface area contributed by atoms with Gasteiger partial charge in [-0.3, -0.25) is 0 Å². The maximum Gasteiger partial charge on any atom is 0.0655 e. The lowest BCUT2D eigenvalue weighted by Crippen LogP contribution is -2.25. The average Bonchev–Trinajstić information content (AvgIpc) is 2.48. The van der Waals surface area contributed by atoms with E-state index in [9.17, 15) is 0 Å². The van der Waals surface area contributed by atoms with E-state index in [1.54, 1.807) is 0 Å². The SMILES string of the molecule is C/C=C/CC[C@H]1CC[C@H]([C@H]2CC[C@H](C#N)CC2)CC1. The molecule has 0 unspecified atom stereocenters. The van der Waals surface area contributed by atoms with E-state index < -0.39 is 0 Å². The first-order chi connectivity index (χ1) is 9.33. The van der Waals surface area contributed by atoms with Crippen LogP contribution in [0.2, 0.25) is 0 Å². The zero-order valence-corrected chi connectivity index (χ0v) is 12.5. The van der Waals surface area contributed by atoms with Crippen molar-refractivity contribution in [3.63, 3.8) is 0 Å². The summed E-state index contributed by atoms with van der Waals surface area (Å²) in [7, 11) is 0. The molecule has 2 aliphatic rings. The van der Waals surface area contributed by atoms with E-state index in [1.165, 1.54) is 64.2 Å². The molecule has 106 valence electrons. The smallest absolute Gasteiger partial charge is 0.0655 e. The van der Waals surface area contributed by atoms with Gasteiger partial charge in [0.25, 0.3) is 0 Å². The van der Waals surface area contributed by atoms with Gasteiger partial charge >= 0.3 is 0 Å². The number of hydrogen-bond acceptors (Lipinski definition) is 1. The van der Waals surface area contributed by atoms with Crippen LogP contribution in [-0.4, -0.2) is 0 Å². The van der Waals surface area contributed by atoms with Crippen molar-refractivity contribution in [1.29, 1.82) is 5.26 Å². The number of hydrogen-bond donors (Lipinski definition) is 0. The molecule has 0 bridgehead atoms. The predicted molar refractivity (Wildman–Crippen MR) is 80.6 cm³/mol. The van der Waals surface area contributed by atoms with Gasteiger partial charge in [0.1, 0.15) is 0 Å². The second kappa shape index (κ2) is 7.73. The third kappa shape index (κ3) is 4.37. The van der Waals surface area contributed by atoms with E-state index in [2.05, 4.69) is 25.1 Å².